The number of ether oxygens (including phenoxy) is 1. The minimum atomic E-state index is -0.276. The maximum absolute atomic E-state index is 12.8. The number of anilines is 1. The molecule has 0 aliphatic carbocycles. The Morgan fingerprint density at radius 2 is 1.81 bits per heavy atom. The number of carbonyl (C=O) groups is 3. The molecular formula is C28H25BrN2O4S. The fourth-order valence-electron chi connectivity index (χ4n) is 3.63. The van der Waals surface area contributed by atoms with E-state index >= 15 is 0 Å². The molecule has 0 unspecified atom stereocenters. The summed E-state index contributed by atoms with van der Waals surface area (Å²) in [7, 11) is 0. The van der Waals surface area contributed by atoms with Crippen molar-refractivity contribution < 1.29 is 19.1 Å². The number of nitrogens with one attached hydrogen (secondary N) is 1. The SMILES string of the molecule is Cc1ccc(NC(=O)COc2ccc(/C=C3/SC(=O)N(CCCc4ccccc4)C3=O)cc2Br)cc1. The quantitative estimate of drug-likeness (QED) is 0.302. The number of halogens is 1. The number of hydrogen-bond donors (Lipinski definition) is 1. The molecule has 1 N–H and O–H groups in total. The third-order valence-corrected chi connectivity index (χ3v) is 7.04. The number of hydrogen-bond acceptors (Lipinski definition) is 5. The van der Waals surface area contributed by atoms with Gasteiger partial charge in [-0.25, -0.2) is 0 Å². The van der Waals surface area contributed by atoms with Crippen molar-refractivity contribution in [2.75, 3.05) is 18.5 Å². The lowest BCUT2D eigenvalue weighted by molar-refractivity contribution is -0.122. The number of nitrogens with zero attached hydrogens (tertiary/aromatic N) is 1. The van der Waals surface area contributed by atoms with E-state index in [0.717, 1.165) is 29.3 Å². The molecule has 0 saturated carbocycles. The summed E-state index contributed by atoms with van der Waals surface area (Å²) in [5, 5.41) is 2.54. The summed E-state index contributed by atoms with van der Waals surface area (Å²) < 4.78 is 6.28. The Morgan fingerprint density at radius 1 is 1.06 bits per heavy atom. The van der Waals surface area contributed by atoms with Crippen molar-refractivity contribution in [1.82, 2.24) is 4.90 Å². The maximum Gasteiger partial charge on any atom is 0.293 e. The smallest absolute Gasteiger partial charge is 0.293 e. The highest BCUT2D eigenvalue weighted by molar-refractivity contribution is 9.10. The van der Waals surface area contributed by atoms with Gasteiger partial charge in [0.2, 0.25) is 0 Å². The van der Waals surface area contributed by atoms with Crippen LogP contribution < -0.4 is 10.1 Å². The first-order chi connectivity index (χ1) is 17.4. The Balaban J connectivity index is 1.32. The predicted octanol–water partition coefficient (Wildman–Crippen LogP) is 6.44. The number of thioether (sulfide) groups is 1. The zero-order chi connectivity index (χ0) is 25.5. The molecule has 4 rings (SSSR count). The number of benzene rings is 3. The Bertz CT molecular complexity index is 1290. The van der Waals surface area contributed by atoms with Crippen molar-refractivity contribution in [3.8, 4) is 5.75 Å². The molecule has 1 saturated heterocycles. The number of amides is 3. The lowest BCUT2D eigenvalue weighted by Gasteiger charge is -2.12. The highest BCUT2D eigenvalue weighted by Crippen LogP contribution is 2.34. The molecule has 3 amide bonds. The summed E-state index contributed by atoms with van der Waals surface area (Å²) in [5.74, 6) is -0.0433. The second kappa shape index (κ2) is 12.1. The minimum Gasteiger partial charge on any atom is -0.483 e. The Kier molecular flexibility index (Phi) is 8.61. The fraction of sp³-hybridized carbons (Fsp3) is 0.179. The van der Waals surface area contributed by atoms with Crippen molar-refractivity contribution in [1.29, 1.82) is 0 Å². The van der Waals surface area contributed by atoms with E-state index in [9.17, 15) is 14.4 Å². The average molecular weight is 565 g/mol. The third-order valence-electron chi connectivity index (χ3n) is 5.51. The Morgan fingerprint density at radius 3 is 2.53 bits per heavy atom. The topological polar surface area (TPSA) is 75.7 Å². The van der Waals surface area contributed by atoms with Crippen LogP contribution >= 0.6 is 27.7 Å². The lowest BCUT2D eigenvalue weighted by atomic mass is 10.1. The van der Waals surface area contributed by atoms with Crippen LogP contribution in [-0.4, -0.2) is 35.1 Å². The molecule has 1 heterocycles. The monoisotopic (exact) mass is 564 g/mol. The molecule has 184 valence electrons. The molecule has 0 bridgehead atoms. The van der Waals surface area contributed by atoms with Gasteiger partial charge in [-0.15, -0.1) is 0 Å². The van der Waals surface area contributed by atoms with Crippen molar-refractivity contribution in [3.63, 3.8) is 0 Å². The second-order valence-corrected chi connectivity index (χ2v) is 10.2. The first-order valence-electron chi connectivity index (χ1n) is 11.5. The van der Waals surface area contributed by atoms with Crippen molar-refractivity contribution >= 4 is 56.5 Å². The molecule has 0 aromatic heterocycles. The molecule has 0 radical (unpaired) electrons. The molecule has 0 atom stereocenters. The summed E-state index contributed by atoms with van der Waals surface area (Å²) in [5.41, 5.74) is 3.74. The molecule has 1 aliphatic rings. The molecule has 36 heavy (non-hydrogen) atoms. The van der Waals surface area contributed by atoms with Crippen LogP contribution in [-0.2, 0) is 16.0 Å². The van der Waals surface area contributed by atoms with Crippen LogP contribution in [0.5, 0.6) is 5.75 Å². The van der Waals surface area contributed by atoms with Gasteiger partial charge in [-0.1, -0.05) is 54.1 Å². The first kappa shape index (κ1) is 25.7. The van der Waals surface area contributed by atoms with Gasteiger partial charge in [-0.05, 0) is 88.9 Å². The lowest BCUT2D eigenvalue weighted by Crippen LogP contribution is -2.29. The van der Waals surface area contributed by atoms with Crippen LogP contribution in [0.4, 0.5) is 10.5 Å². The highest BCUT2D eigenvalue weighted by atomic mass is 79.9. The normalized spacial score (nSPS) is 14.4. The molecule has 3 aromatic rings. The van der Waals surface area contributed by atoms with E-state index in [2.05, 4.69) is 21.2 Å². The van der Waals surface area contributed by atoms with E-state index in [-0.39, 0.29) is 23.7 Å². The molecule has 1 aliphatic heterocycles. The molecule has 6 nitrogen and oxygen atoms in total. The van der Waals surface area contributed by atoms with Gasteiger partial charge in [0.05, 0.1) is 9.38 Å². The predicted molar refractivity (Wildman–Crippen MR) is 147 cm³/mol. The molecule has 1 fully saturated rings. The van der Waals surface area contributed by atoms with Crippen LogP contribution in [0.3, 0.4) is 0 Å². The van der Waals surface area contributed by atoms with E-state index in [1.807, 2.05) is 61.5 Å². The number of carbonyl (C=O) groups excluding carboxylic acids is 3. The Hall–Kier alpha value is -3.36. The summed E-state index contributed by atoms with van der Waals surface area (Å²) in [6.07, 6.45) is 3.21. The number of aryl methyl sites for hydroxylation is 2. The van der Waals surface area contributed by atoms with Crippen molar-refractivity contribution in [3.05, 3.63) is 98.9 Å². The average Bonchev–Trinajstić information content (AvgIpc) is 3.13. The fourth-order valence-corrected chi connectivity index (χ4v) is 5.01. The van der Waals surface area contributed by atoms with Gasteiger partial charge in [0.15, 0.2) is 6.61 Å². The molecule has 3 aromatic carbocycles. The van der Waals surface area contributed by atoms with Crippen molar-refractivity contribution in [2.45, 2.75) is 19.8 Å². The number of rotatable bonds is 9. The van der Waals surface area contributed by atoms with Crippen LogP contribution in [0.15, 0.2) is 82.2 Å². The van der Waals surface area contributed by atoms with Crippen LogP contribution in [0.1, 0.15) is 23.1 Å². The van der Waals surface area contributed by atoms with Crippen molar-refractivity contribution in [2.24, 2.45) is 0 Å². The van der Waals surface area contributed by atoms with E-state index in [1.54, 1.807) is 24.3 Å². The van der Waals surface area contributed by atoms with Crippen LogP contribution in [0.2, 0.25) is 0 Å². The van der Waals surface area contributed by atoms with Gasteiger partial charge < -0.3 is 10.1 Å². The molecular weight excluding hydrogens is 540 g/mol. The van der Waals surface area contributed by atoms with E-state index in [0.29, 0.717) is 33.8 Å². The molecule has 0 spiro atoms. The van der Waals surface area contributed by atoms with E-state index in [4.69, 9.17) is 4.74 Å². The zero-order valence-electron chi connectivity index (χ0n) is 19.7. The van der Waals surface area contributed by atoms with Gasteiger partial charge in [0.1, 0.15) is 5.75 Å². The van der Waals surface area contributed by atoms with Gasteiger partial charge >= 0.3 is 0 Å². The molecule has 8 heteroatoms. The Labute approximate surface area is 222 Å². The van der Waals surface area contributed by atoms with E-state index < -0.39 is 0 Å². The standard InChI is InChI=1S/C28H25BrN2O4S/c1-19-9-12-22(13-10-19)30-26(32)18-35-24-14-11-21(16-23(24)29)17-25-27(33)31(28(34)36-25)15-5-8-20-6-3-2-4-7-20/h2-4,6-7,9-14,16-17H,5,8,15,18H2,1H3,(H,30,32)/b25-17+. The van der Waals surface area contributed by atoms with Gasteiger partial charge in [0.25, 0.3) is 17.1 Å². The van der Waals surface area contributed by atoms with Gasteiger partial charge in [-0.2, -0.15) is 0 Å². The second-order valence-electron chi connectivity index (χ2n) is 8.32. The van der Waals surface area contributed by atoms with Gasteiger partial charge in [-0.3, -0.25) is 19.3 Å². The summed E-state index contributed by atoms with van der Waals surface area (Å²) in [4.78, 5) is 39.1. The largest absolute Gasteiger partial charge is 0.483 e. The third kappa shape index (κ3) is 6.86. The minimum absolute atomic E-state index is 0.145. The zero-order valence-corrected chi connectivity index (χ0v) is 22.1. The van der Waals surface area contributed by atoms with E-state index in [1.165, 1.54) is 10.5 Å². The summed E-state index contributed by atoms with van der Waals surface area (Å²) >= 11 is 4.41. The first-order valence-corrected chi connectivity index (χ1v) is 13.1. The number of imide groups is 1. The summed E-state index contributed by atoms with van der Waals surface area (Å²) in [6.45, 7) is 2.22. The van der Waals surface area contributed by atoms with Crippen LogP contribution in [0, 0.1) is 6.92 Å². The maximum atomic E-state index is 12.8. The summed E-state index contributed by atoms with van der Waals surface area (Å²) in [6, 6.07) is 22.8. The van der Waals surface area contributed by atoms with Crippen LogP contribution in [0.25, 0.3) is 6.08 Å². The highest BCUT2D eigenvalue weighted by Gasteiger charge is 2.34. The van der Waals surface area contributed by atoms with Gasteiger partial charge in [0, 0.05) is 12.2 Å².